The van der Waals surface area contributed by atoms with Crippen LogP contribution in [0.3, 0.4) is 0 Å². The maximum Gasteiger partial charge on any atom is 0.405 e. The number of nitrogens with zero attached hydrogens (tertiary/aromatic N) is 3. The number of nitrogens with one attached hydrogen (secondary N) is 2. The lowest BCUT2D eigenvalue weighted by molar-refractivity contribution is -0.123. The Bertz CT molecular complexity index is 964. The van der Waals surface area contributed by atoms with Crippen LogP contribution in [0.1, 0.15) is 28.8 Å². The average Bonchev–Trinajstić information content (AvgIpc) is 3.50. The van der Waals surface area contributed by atoms with E-state index in [1.165, 1.54) is 30.6 Å². The number of rotatable bonds is 5. The fourth-order valence-corrected chi connectivity index (χ4v) is 2.43. The van der Waals surface area contributed by atoms with Gasteiger partial charge in [-0.15, -0.1) is 0 Å². The zero-order valence-electron chi connectivity index (χ0n) is 14.4. The predicted octanol–water partition coefficient (Wildman–Crippen LogP) is 2.66. The topological polar surface area (TPSA) is 108 Å². The second kappa shape index (κ2) is 7.64. The first-order valence-electron chi connectivity index (χ1n) is 8.29. The Morgan fingerprint density at radius 1 is 1.21 bits per heavy atom. The van der Waals surface area contributed by atoms with E-state index in [1.807, 2.05) is 0 Å². The summed E-state index contributed by atoms with van der Waals surface area (Å²) in [5, 5.41) is 13.7. The molecule has 1 aliphatic rings. The maximum atomic E-state index is 12.3. The van der Waals surface area contributed by atoms with Crippen LogP contribution in [0.2, 0.25) is 0 Å². The molecule has 7 nitrogen and oxygen atoms in total. The van der Waals surface area contributed by atoms with Crippen LogP contribution in [0, 0.1) is 17.2 Å². The number of alkyl halides is 3. The van der Waals surface area contributed by atoms with Crippen molar-refractivity contribution in [2.24, 2.45) is 5.92 Å². The smallest absolute Gasteiger partial charge is 0.343 e. The first kappa shape index (κ1) is 19.3. The largest absolute Gasteiger partial charge is 0.405 e. The number of carbonyl (C=O) groups is 2. The van der Waals surface area contributed by atoms with Gasteiger partial charge in [0.25, 0.3) is 5.91 Å². The summed E-state index contributed by atoms with van der Waals surface area (Å²) >= 11 is 0. The molecular weight excluding hydrogens is 375 g/mol. The number of aromatic nitrogens is 2. The molecule has 0 saturated heterocycles. The Balaban J connectivity index is 1.81. The van der Waals surface area contributed by atoms with E-state index in [9.17, 15) is 28.0 Å². The maximum absolute atomic E-state index is 12.3. The molecule has 1 saturated carbocycles. The van der Waals surface area contributed by atoms with Gasteiger partial charge in [0.05, 0.1) is 22.9 Å². The van der Waals surface area contributed by atoms with Crippen molar-refractivity contribution < 1.29 is 22.8 Å². The highest BCUT2D eigenvalue weighted by Gasteiger charge is 2.30. The third kappa shape index (κ3) is 4.82. The SMILES string of the molecule is N#Cc1cc(-c2cc(NC(=O)C3CC3)ncn2)ccc1C(=O)NCC(F)(F)F. The standard InChI is InChI=1S/C18H14F3N5O2/c19-18(20,21)8-23-17(28)13-4-3-11(5-12(13)7-22)14-6-15(25-9-24-14)26-16(27)10-1-2-10/h3-6,9-10H,1-2,8H2,(H,23,28)(H,24,25,26,27). The second-order valence-electron chi connectivity index (χ2n) is 6.22. The van der Waals surface area contributed by atoms with Crippen LogP contribution < -0.4 is 10.6 Å². The molecule has 1 aromatic carbocycles. The van der Waals surface area contributed by atoms with Gasteiger partial charge in [0, 0.05) is 17.5 Å². The predicted molar refractivity (Wildman–Crippen MR) is 91.9 cm³/mol. The molecule has 28 heavy (non-hydrogen) atoms. The summed E-state index contributed by atoms with van der Waals surface area (Å²) in [6, 6.07) is 7.37. The molecule has 1 heterocycles. The highest BCUT2D eigenvalue weighted by molar-refractivity contribution is 5.97. The van der Waals surface area contributed by atoms with Crippen LogP contribution in [0.25, 0.3) is 11.3 Å². The lowest BCUT2D eigenvalue weighted by Crippen LogP contribution is -2.34. The van der Waals surface area contributed by atoms with E-state index in [0.29, 0.717) is 17.1 Å². The van der Waals surface area contributed by atoms with Gasteiger partial charge < -0.3 is 10.6 Å². The average molecular weight is 389 g/mol. The molecule has 10 heteroatoms. The third-order valence-corrected chi connectivity index (χ3v) is 4.00. The van der Waals surface area contributed by atoms with Crippen LogP contribution in [0.15, 0.2) is 30.6 Å². The normalized spacial score (nSPS) is 13.5. The molecule has 0 bridgehead atoms. The van der Waals surface area contributed by atoms with Gasteiger partial charge in [-0.3, -0.25) is 9.59 Å². The highest BCUT2D eigenvalue weighted by atomic mass is 19.4. The zero-order valence-corrected chi connectivity index (χ0v) is 14.4. The Hall–Kier alpha value is -3.48. The Morgan fingerprint density at radius 3 is 2.61 bits per heavy atom. The summed E-state index contributed by atoms with van der Waals surface area (Å²) in [5.41, 5.74) is 0.569. The van der Waals surface area contributed by atoms with E-state index in [1.54, 1.807) is 11.4 Å². The second-order valence-corrected chi connectivity index (χ2v) is 6.22. The van der Waals surface area contributed by atoms with Gasteiger partial charge >= 0.3 is 6.18 Å². The van der Waals surface area contributed by atoms with E-state index in [-0.39, 0.29) is 23.0 Å². The fourth-order valence-electron chi connectivity index (χ4n) is 2.43. The molecule has 1 aromatic heterocycles. The van der Waals surface area contributed by atoms with Crippen LogP contribution in [-0.2, 0) is 4.79 Å². The van der Waals surface area contributed by atoms with Gasteiger partial charge in [0.15, 0.2) is 0 Å². The summed E-state index contributed by atoms with van der Waals surface area (Å²) in [6.07, 6.45) is -1.63. The van der Waals surface area contributed by atoms with E-state index in [2.05, 4.69) is 15.3 Å². The molecule has 1 aliphatic carbocycles. The van der Waals surface area contributed by atoms with E-state index < -0.39 is 18.6 Å². The third-order valence-electron chi connectivity index (χ3n) is 4.00. The number of halogens is 3. The first-order valence-corrected chi connectivity index (χ1v) is 8.29. The molecule has 0 unspecified atom stereocenters. The van der Waals surface area contributed by atoms with Gasteiger partial charge in [0.1, 0.15) is 18.7 Å². The minimum Gasteiger partial charge on any atom is -0.343 e. The summed E-state index contributed by atoms with van der Waals surface area (Å²) in [4.78, 5) is 31.8. The number of carbonyl (C=O) groups excluding carboxylic acids is 2. The minimum absolute atomic E-state index is 0.00176. The molecule has 0 spiro atoms. The van der Waals surface area contributed by atoms with Crippen LogP contribution in [0.5, 0.6) is 0 Å². The monoisotopic (exact) mass is 389 g/mol. The number of hydrogen-bond donors (Lipinski definition) is 2. The number of hydrogen-bond acceptors (Lipinski definition) is 5. The van der Waals surface area contributed by atoms with Gasteiger partial charge in [-0.05, 0) is 25.0 Å². The zero-order chi connectivity index (χ0) is 20.3. The molecular formula is C18H14F3N5O2. The van der Waals surface area contributed by atoms with Crippen LogP contribution >= 0.6 is 0 Å². The summed E-state index contributed by atoms with van der Waals surface area (Å²) in [5.74, 6) is -0.829. The van der Waals surface area contributed by atoms with Crippen LogP contribution in [-0.4, -0.2) is 34.5 Å². The number of nitriles is 1. The highest BCUT2D eigenvalue weighted by Crippen LogP contribution is 2.30. The van der Waals surface area contributed by atoms with E-state index in [4.69, 9.17) is 0 Å². The van der Waals surface area contributed by atoms with Crippen LogP contribution in [0.4, 0.5) is 19.0 Å². The summed E-state index contributed by atoms with van der Waals surface area (Å²) < 4.78 is 36.8. The lowest BCUT2D eigenvalue weighted by atomic mass is 10.0. The van der Waals surface area contributed by atoms with Crippen molar-refractivity contribution in [2.75, 3.05) is 11.9 Å². The molecule has 0 atom stereocenters. The van der Waals surface area contributed by atoms with Crippen molar-refractivity contribution in [2.45, 2.75) is 19.0 Å². The lowest BCUT2D eigenvalue weighted by Gasteiger charge is -2.10. The Labute approximate surface area is 157 Å². The Kier molecular flexibility index (Phi) is 5.26. The van der Waals surface area contributed by atoms with Crippen molar-refractivity contribution in [1.82, 2.24) is 15.3 Å². The molecule has 0 aliphatic heterocycles. The van der Waals surface area contributed by atoms with E-state index >= 15 is 0 Å². The quantitative estimate of drug-likeness (QED) is 0.817. The van der Waals surface area contributed by atoms with Gasteiger partial charge in [-0.2, -0.15) is 18.4 Å². The minimum atomic E-state index is -4.55. The Morgan fingerprint density at radius 2 is 1.96 bits per heavy atom. The summed E-state index contributed by atoms with van der Waals surface area (Å²) in [6.45, 7) is -1.49. The molecule has 144 valence electrons. The molecule has 3 rings (SSSR count). The van der Waals surface area contributed by atoms with Crippen molar-refractivity contribution in [3.05, 3.63) is 41.7 Å². The van der Waals surface area contributed by atoms with Crippen molar-refractivity contribution in [3.8, 4) is 17.3 Å². The van der Waals surface area contributed by atoms with E-state index in [0.717, 1.165) is 12.8 Å². The number of amides is 2. The van der Waals surface area contributed by atoms with Crippen molar-refractivity contribution >= 4 is 17.6 Å². The molecule has 2 amide bonds. The molecule has 1 fully saturated rings. The van der Waals surface area contributed by atoms with Crippen molar-refractivity contribution in [3.63, 3.8) is 0 Å². The number of benzene rings is 1. The van der Waals surface area contributed by atoms with Gasteiger partial charge in [-0.1, -0.05) is 6.07 Å². The fraction of sp³-hybridized carbons (Fsp3) is 0.278. The van der Waals surface area contributed by atoms with Gasteiger partial charge in [0.2, 0.25) is 5.91 Å². The number of anilines is 1. The summed E-state index contributed by atoms with van der Waals surface area (Å²) in [7, 11) is 0. The molecule has 2 N–H and O–H groups in total. The van der Waals surface area contributed by atoms with Crippen molar-refractivity contribution in [1.29, 1.82) is 5.26 Å². The first-order chi connectivity index (χ1) is 13.3. The van der Waals surface area contributed by atoms with Gasteiger partial charge in [-0.25, -0.2) is 9.97 Å². The molecule has 0 radical (unpaired) electrons. The molecule has 2 aromatic rings.